The third kappa shape index (κ3) is 5.73. The maximum Gasteiger partial charge on any atom is 0.352 e. The van der Waals surface area contributed by atoms with Gasteiger partial charge in [0.2, 0.25) is 0 Å². The van der Waals surface area contributed by atoms with Gasteiger partial charge in [-0.15, -0.1) is 45.8 Å². The van der Waals surface area contributed by atoms with Crippen LogP contribution in [0.5, 0.6) is 0 Å². The van der Waals surface area contributed by atoms with Crippen molar-refractivity contribution in [1.82, 2.24) is 15.2 Å². The van der Waals surface area contributed by atoms with Crippen LogP contribution in [0.4, 0.5) is 5.13 Å². The fraction of sp³-hybridized carbons (Fsp3) is 0.308. The first kappa shape index (κ1) is 28.9. The number of aliphatic carboxylic acids is 1. The monoisotopic (exact) mass is 661 g/mol. The van der Waals surface area contributed by atoms with Crippen LogP contribution < -0.4 is 16.5 Å². The lowest BCUT2D eigenvalue weighted by atomic mass is 10.0. The predicted molar refractivity (Wildman–Crippen MR) is 167 cm³/mol. The Hall–Kier alpha value is -3.18. The van der Waals surface area contributed by atoms with E-state index in [-0.39, 0.29) is 33.8 Å². The number of nitrogens with one attached hydrogen (secondary N) is 1. The zero-order chi connectivity index (χ0) is 29.4. The van der Waals surface area contributed by atoms with Gasteiger partial charge in [0, 0.05) is 17.2 Å². The number of amides is 2. The Morgan fingerprint density at radius 2 is 2.07 bits per heavy atom. The zero-order valence-corrected chi connectivity index (χ0v) is 25.8. The van der Waals surface area contributed by atoms with Gasteiger partial charge >= 0.3 is 5.97 Å². The van der Waals surface area contributed by atoms with Gasteiger partial charge in [0.05, 0.1) is 13.6 Å². The number of carboxylic acids is 1. The summed E-state index contributed by atoms with van der Waals surface area (Å²) in [5.41, 5.74) is 6.21. The lowest BCUT2D eigenvalue weighted by Crippen LogP contribution is -2.71. The molecule has 42 heavy (non-hydrogen) atoms. The van der Waals surface area contributed by atoms with Gasteiger partial charge < -0.3 is 21.0 Å². The van der Waals surface area contributed by atoms with E-state index in [0.29, 0.717) is 16.0 Å². The lowest BCUT2D eigenvalue weighted by molar-refractivity contribution is -0.150. The molecule has 11 nitrogen and oxygen atoms in total. The Morgan fingerprint density at radius 3 is 2.81 bits per heavy atom. The van der Waals surface area contributed by atoms with Gasteiger partial charge in [-0.1, -0.05) is 16.9 Å². The molecular formula is C26H23N5O6S5. The zero-order valence-electron chi connectivity index (χ0n) is 21.7. The minimum atomic E-state index is -1.24. The number of aromatic nitrogens is 1. The average Bonchev–Trinajstić information content (AvgIpc) is 3.74. The number of β-lactam (4-membered cyclic amide) rings is 1. The third-order valence-electron chi connectivity index (χ3n) is 6.83. The van der Waals surface area contributed by atoms with E-state index in [1.165, 1.54) is 51.1 Å². The summed E-state index contributed by atoms with van der Waals surface area (Å²) in [7, 11) is 0. The van der Waals surface area contributed by atoms with E-state index in [2.05, 4.69) is 15.5 Å². The van der Waals surface area contributed by atoms with Gasteiger partial charge in [-0.2, -0.15) is 0 Å². The molecule has 1 unspecified atom stereocenters. The van der Waals surface area contributed by atoms with E-state index in [0.717, 1.165) is 45.9 Å². The smallest absolute Gasteiger partial charge is 0.352 e. The van der Waals surface area contributed by atoms with Crippen LogP contribution in [0.2, 0.25) is 0 Å². The number of carboxylic acid groups (broad SMARTS) is 1. The van der Waals surface area contributed by atoms with Crippen LogP contribution in [0.25, 0.3) is 9.40 Å². The Morgan fingerprint density at radius 1 is 1.26 bits per heavy atom. The van der Waals surface area contributed by atoms with Crippen LogP contribution >= 0.6 is 57.5 Å². The first-order valence-electron chi connectivity index (χ1n) is 12.8. The van der Waals surface area contributed by atoms with Gasteiger partial charge in [0.25, 0.3) is 11.8 Å². The van der Waals surface area contributed by atoms with E-state index in [9.17, 15) is 24.3 Å². The first-order valence-corrected chi connectivity index (χ1v) is 17.3. The maximum atomic E-state index is 13.3. The molecule has 4 N–H and O–H groups in total. The summed E-state index contributed by atoms with van der Waals surface area (Å²) < 4.78 is 2.40. The number of nitrogens with zero attached hydrogens (tertiary/aromatic N) is 3. The minimum Gasteiger partial charge on any atom is -0.477 e. The van der Waals surface area contributed by atoms with Crippen LogP contribution in [0.1, 0.15) is 31.4 Å². The molecule has 3 aromatic heterocycles. The minimum absolute atomic E-state index is 0.0491. The molecule has 3 aromatic rings. The Labute approximate surface area is 259 Å². The number of oxime groups is 1. The van der Waals surface area contributed by atoms with Crippen molar-refractivity contribution in [2.45, 2.75) is 47.4 Å². The number of thiazole rings is 1. The Bertz CT molecular complexity index is 1720. The number of anilines is 1. The molecule has 0 spiro atoms. The SMILES string of the molecule is Nc1nc(C(=NOC2CCCC2)C(=O)NC2C(=O)N3C(C(=O)O)=C(C=CSc4cc(=O)c5sccc5s4)CS[C@@H]23)cs1. The average molecular weight is 662 g/mol. The highest BCUT2D eigenvalue weighted by molar-refractivity contribution is 8.04. The standard InChI is InChI=1S/C26H23N5O6S5/c27-26-28-14(11-41-26)18(30-37-13-3-1-2-4-13)22(33)29-19-23(34)31-20(25(35)36)12(10-40-24(19)31)5-7-38-17-9-15(32)21-16(42-17)6-8-39-21/h5-9,11,13,19,24H,1-4,10H2,(H2,27,28)(H,29,33)(H,35,36)/t19?,24-/m0/s1. The molecule has 5 heterocycles. The Balaban J connectivity index is 1.17. The fourth-order valence-electron chi connectivity index (χ4n) is 4.81. The molecule has 16 heteroatoms. The van der Waals surface area contributed by atoms with Gasteiger partial charge in [0.15, 0.2) is 16.3 Å². The highest BCUT2D eigenvalue weighted by Gasteiger charge is 2.54. The molecule has 2 aliphatic heterocycles. The van der Waals surface area contributed by atoms with Crippen LogP contribution in [-0.4, -0.2) is 61.8 Å². The second-order valence-corrected chi connectivity index (χ2v) is 14.7. The van der Waals surface area contributed by atoms with Crippen molar-refractivity contribution < 1.29 is 24.3 Å². The third-order valence-corrected chi connectivity index (χ3v) is 11.9. The number of thiophene rings is 1. The fourth-order valence-corrected chi connectivity index (χ4v) is 9.62. The van der Waals surface area contributed by atoms with Gasteiger partial charge in [-0.05, 0) is 54.2 Å². The highest BCUT2D eigenvalue weighted by atomic mass is 32.2. The number of fused-ring (bicyclic) bond motifs is 2. The number of nitrogens with two attached hydrogens (primary N) is 1. The molecule has 2 fully saturated rings. The molecule has 3 aliphatic rings. The van der Waals surface area contributed by atoms with E-state index < -0.39 is 29.2 Å². The molecule has 218 valence electrons. The summed E-state index contributed by atoms with van der Waals surface area (Å²) >= 11 is 6.70. The molecule has 1 saturated heterocycles. The van der Waals surface area contributed by atoms with Crippen LogP contribution in [0.15, 0.2) is 59.8 Å². The number of allylic oxidation sites excluding steroid dienone is 1. The lowest BCUT2D eigenvalue weighted by Gasteiger charge is -2.49. The van der Waals surface area contributed by atoms with Crippen LogP contribution in [0.3, 0.4) is 0 Å². The summed E-state index contributed by atoms with van der Waals surface area (Å²) in [4.78, 5) is 62.0. The van der Waals surface area contributed by atoms with Crippen molar-refractivity contribution in [3.05, 3.63) is 61.6 Å². The molecule has 1 aliphatic carbocycles. The normalized spacial score (nSPS) is 21.2. The maximum absolute atomic E-state index is 13.3. The van der Waals surface area contributed by atoms with E-state index in [4.69, 9.17) is 10.6 Å². The molecular weight excluding hydrogens is 639 g/mol. The quantitative estimate of drug-likeness (QED) is 0.132. The molecule has 1 saturated carbocycles. The van der Waals surface area contributed by atoms with Crippen molar-refractivity contribution >= 4 is 95.6 Å². The number of hydrogen-bond donors (Lipinski definition) is 3. The van der Waals surface area contributed by atoms with Crippen molar-refractivity contribution in [3.8, 4) is 0 Å². The predicted octanol–water partition coefficient (Wildman–Crippen LogP) is 4.07. The summed E-state index contributed by atoms with van der Waals surface area (Å²) in [5, 5.41) is 21.6. The van der Waals surface area contributed by atoms with E-state index >= 15 is 0 Å². The van der Waals surface area contributed by atoms with Crippen molar-refractivity contribution in [3.63, 3.8) is 0 Å². The largest absolute Gasteiger partial charge is 0.477 e. The van der Waals surface area contributed by atoms with Crippen molar-refractivity contribution in [2.75, 3.05) is 11.5 Å². The van der Waals surface area contributed by atoms with Crippen molar-refractivity contribution in [2.24, 2.45) is 5.16 Å². The summed E-state index contributed by atoms with van der Waals surface area (Å²) in [6.07, 6.45) is 5.31. The molecule has 2 atom stereocenters. The van der Waals surface area contributed by atoms with E-state index in [1.54, 1.807) is 22.9 Å². The number of hydrogen-bond acceptors (Lipinski definition) is 13. The van der Waals surface area contributed by atoms with Gasteiger partial charge in [-0.3, -0.25) is 19.3 Å². The van der Waals surface area contributed by atoms with Crippen LogP contribution in [0, 0.1) is 0 Å². The number of carbonyl (C=O) groups is 3. The second-order valence-electron chi connectivity index (χ2n) is 9.53. The number of thioether (sulfide) groups is 2. The molecule has 0 aromatic carbocycles. The topological polar surface area (TPSA) is 164 Å². The Kier molecular flexibility index (Phi) is 8.40. The molecule has 6 rings (SSSR count). The number of rotatable bonds is 9. The number of carbonyl (C=O) groups excluding carboxylic acids is 2. The summed E-state index contributed by atoms with van der Waals surface area (Å²) in [6, 6.07) is 2.52. The molecule has 2 amide bonds. The first-order chi connectivity index (χ1) is 20.3. The summed E-state index contributed by atoms with van der Waals surface area (Å²) in [5.74, 6) is -2.11. The molecule has 0 bridgehead atoms. The van der Waals surface area contributed by atoms with Gasteiger partial charge in [0.1, 0.15) is 28.9 Å². The van der Waals surface area contributed by atoms with Crippen molar-refractivity contribution in [1.29, 1.82) is 0 Å². The van der Waals surface area contributed by atoms with Crippen LogP contribution in [-0.2, 0) is 19.2 Å². The number of nitrogen functional groups attached to an aromatic ring is 1. The summed E-state index contributed by atoms with van der Waals surface area (Å²) in [6.45, 7) is 0. The molecule has 0 radical (unpaired) electrons. The second kappa shape index (κ2) is 12.2. The van der Waals surface area contributed by atoms with Gasteiger partial charge in [-0.25, -0.2) is 9.78 Å². The van der Waals surface area contributed by atoms with E-state index in [1.807, 2.05) is 11.4 Å². The highest BCUT2D eigenvalue weighted by Crippen LogP contribution is 2.41.